The molecule has 2 saturated heterocycles. The molecule has 1 aromatic carbocycles. The van der Waals surface area contributed by atoms with Gasteiger partial charge in [0.15, 0.2) is 18.2 Å². The van der Waals surface area contributed by atoms with Gasteiger partial charge in [0.05, 0.1) is 35.2 Å². The van der Waals surface area contributed by atoms with Crippen LogP contribution in [0.5, 0.6) is 11.5 Å². The van der Waals surface area contributed by atoms with Gasteiger partial charge in [-0.05, 0) is 69.7 Å². The molecule has 3 atom stereocenters. The van der Waals surface area contributed by atoms with E-state index in [9.17, 15) is 19.2 Å². The second-order valence-electron chi connectivity index (χ2n) is 15.8. The van der Waals surface area contributed by atoms with Crippen LogP contribution in [0.2, 0.25) is 5.02 Å². The van der Waals surface area contributed by atoms with Gasteiger partial charge >= 0.3 is 0 Å². The molecule has 0 radical (unpaired) electrons. The number of hydrogen-bond acceptors (Lipinski definition) is 12. The van der Waals surface area contributed by atoms with E-state index in [-0.39, 0.29) is 53.2 Å². The van der Waals surface area contributed by atoms with Gasteiger partial charge in [-0.2, -0.15) is 10.1 Å². The lowest BCUT2D eigenvalue weighted by molar-refractivity contribution is -0.134. The summed E-state index contributed by atoms with van der Waals surface area (Å²) in [6.07, 6.45) is 6.93. The standard InChI is InChI=1S/C40H45ClN10O6/c1-21(2)51-36-23(13-31(38(51)55)56-18-33(53)42-4)12-24(16-43-36)45-35-28(41)17-44-39(47-35)50-19-40(20-50)11-10-30(22(3)15-40)57-25-6-7-26-29(14-25)49(5)48-34(26)27-8-9-32(52)46-37(27)54/h6-7,12-14,16-17,21-22,27,30H,8-11,15,18-20H2,1-5H3,(H,42,53)(H,44,45,47)(H,46,52,54)/t22-,27?,30+/m0/s1. The number of likely N-dealkylation sites (N-methyl/N-ethyl adjacent to an activating group) is 1. The molecule has 3 fully saturated rings. The second-order valence-corrected chi connectivity index (χ2v) is 16.2. The molecule has 8 rings (SSSR count). The molecule has 1 unspecified atom stereocenters. The maximum Gasteiger partial charge on any atom is 0.294 e. The number of piperidine rings is 1. The van der Waals surface area contributed by atoms with Crippen LogP contribution >= 0.6 is 11.6 Å². The monoisotopic (exact) mass is 796 g/mol. The summed E-state index contributed by atoms with van der Waals surface area (Å²) in [5.74, 6) is 0.791. The molecule has 3 N–H and O–H groups in total. The van der Waals surface area contributed by atoms with E-state index in [0.29, 0.717) is 58.0 Å². The van der Waals surface area contributed by atoms with Crippen molar-refractivity contribution < 1.29 is 23.9 Å². The summed E-state index contributed by atoms with van der Waals surface area (Å²) in [5.41, 5.74) is 2.41. The smallest absolute Gasteiger partial charge is 0.294 e. The molecular weight excluding hydrogens is 752 g/mol. The first kappa shape index (κ1) is 38.1. The Balaban J connectivity index is 0.918. The number of carbonyl (C=O) groups excluding carboxylic acids is 3. The maximum absolute atomic E-state index is 13.2. The highest BCUT2D eigenvalue weighted by Crippen LogP contribution is 2.48. The quantitative estimate of drug-likeness (QED) is 0.165. The van der Waals surface area contributed by atoms with Crippen LogP contribution in [-0.4, -0.2) is 79.9 Å². The van der Waals surface area contributed by atoms with Crippen LogP contribution < -0.4 is 35.9 Å². The Morgan fingerprint density at radius 2 is 1.91 bits per heavy atom. The number of pyridine rings is 2. The van der Waals surface area contributed by atoms with Gasteiger partial charge in [-0.1, -0.05) is 18.5 Å². The Morgan fingerprint density at radius 3 is 2.65 bits per heavy atom. The van der Waals surface area contributed by atoms with Crippen molar-refractivity contribution in [1.82, 2.24) is 39.9 Å². The Bertz CT molecular complexity index is 2480. The lowest BCUT2D eigenvalue weighted by Gasteiger charge is -2.55. The number of aryl methyl sites for hydroxylation is 1. The Morgan fingerprint density at radius 1 is 1.11 bits per heavy atom. The Labute approximate surface area is 333 Å². The molecule has 57 heavy (non-hydrogen) atoms. The molecule has 5 aromatic rings. The number of nitrogens with zero attached hydrogens (tertiary/aromatic N) is 7. The van der Waals surface area contributed by atoms with Gasteiger partial charge in [-0.25, -0.2) is 9.97 Å². The molecule has 3 amide bonds. The molecule has 17 heteroatoms. The van der Waals surface area contributed by atoms with Crippen molar-refractivity contribution in [2.75, 3.05) is 37.0 Å². The largest absolute Gasteiger partial charge is 0.490 e. The summed E-state index contributed by atoms with van der Waals surface area (Å²) in [5, 5.41) is 14.7. The molecule has 16 nitrogen and oxygen atoms in total. The first-order valence-electron chi connectivity index (χ1n) is 19.2. The maximum atomic E-state index is 13.2. The van der Waals surface area contributed by atoms with Gasteiger partial charge in [0.25, 0.3) is 11.5 Å². The van der Waals surface area contributed by atoms with Crippen LogP contribution in [0.3, 0.4) is 0 Å². The number of carbonyl (C=O) groups is 3. The number of aromatic nitrogens is 6. The summed E-state index contributed by atoms with van der Waals surface area (Å²) in [6.45, 7) is 7.36. The number of amides is 3. The molecule has 4 aromatic heterocycles. The van der Waals surface area contributed by atoms with Crippen LogP contribution in [-0.2, 0) is 21.4 Å². The third-order valence-electron chi connectivity index (χ3n) is 11.4. The molecule has 1 spiro atoms. The zero-order valence-electron chi connectivity index (χ0n) is 32.5. The molecule has 298 valence electrons. The summed E-state index contributed by atoms with van der Waals surface area (Å²) < 4.78 is 15.5. The van der Waals surface area contributed by atoms with Crippen molar-refractivity contribution in [2.24, 2.45) is 18.4 Å². The number of hydrogen-bond donors (Lipinski definition) is 3. The predicted octanol–water partition coefficient (Wildman–Crippen LogP) is 4.77. The van der Waals surface area contributed by atoms with E-state index in [1.165, 1.54) is 11.6 Å². The van der Waals surface area contributed by atoms with Gasteiger partial charge in [0.2, 0.25) is 17.8 Å². The van der Waals surface area contributed by atoms with E-state index in [4.69, 9.17) is 26.1 Å². The molecule has 3 aliphatic rings. The van der Waals surface area contributed by atoms with Gasteiger partial charge in [-0.15, -0.1) is 0 Å². The average molecular weight is 797 g/mol. The zero-order chi connectivity index (χ0) is 40.2. The fourth-order valence-corrected chi connectivity index (χ4v) is 8.68. The number of nitrogens with one attached hydrogen (secondary N) is 3. The minimum atomic E-state index is -0.455. The second kappa shape index (κ2) is 15.0. The molecule has 6 heterocycles. The lowest BCUT2D eigenvalue weighted by atomic mass is 9.64. The minimum Gasteiger partial charge on any atom is -0.490 e. The highest BCUT2D eigenvalue weighted by Gasteiger charge is 2.49. The molecular formula is C40H45ClN10O6. The van der Waals surface area contributed by atoms with E-state index in [0.717, 1.165) is 49.0 Å². The summed E-state index contributed by atoms with van der Waals surface area (Å²) in [6, 6.07) is 9.12. The fraction of sp³-hybridized carbons (Fsp3) is 0.450. The molecule has 2 aliphatic heterocycles. The number of benzene rings is 1. The van der Waals surface area contributed by atoms with Crippen LogP contribution in [0.15, 0.2) is 47.5 Å². The first-order chi connectivity index (χ1) is 27.3. The minimum absolute atomic E-state index is 0.0519. The van der Waals surface area contributed by atoms with E-state index in [2.05, 4.69) is 42.8 Å². The van der Waals surface area contributed by atoms with Crippen LogP contribution in [0.1, 0.15) is 70.5 Å². The predicted molar refractivity (Wildman–Crippen MR) is 214 cm³/mol. The highest BCUT2D eigenvalue weighted by atomic mass is 35.5. The van der Waals surface area contributed by atoms with Crippen LogP contribution in [0, 0.1) is 11.3 Å². The third kappa shape index (κ3) is 7.33. The first-order valence-corrected chi connectivity index (χ1v) is 19.6. The van der Waals surface area contributed by atoms with Gasteiger partial charge in [0.1, 0.15) is 22.5 Å². The zero-order valence-corrected chi connectivity index (χ0v) is 33.2. The van der Waals surface area contributed by atoms with Crippen LogP contribution in [0.25, 0.3) is 21.9 Å². The number of ether oxygens (including phenoxy) is 2. The number of halogens is 1. The fourth-order valence-electron chi connectivity index (χ4n) is 8.54. The summed E-state index contributed by atoms with van der Waals surface area (Å²) in [4.78, 5) is 65.4. The Hall–Kier alpha value is -5.77. The van der Waals surface area contributed by atoms with Crippen LogP contribution in [0.4, 0.5) is 17.5 Å². The molecule has 1 aliphatic carbocycles. The van der Waals surface area contributed by atoms with Crippen molar-refractivity contribution >= 4 is 68.7 Å². The van der Waals surface area contributed by atoms with Gasteiger partial charge in [-0.3, -0.25) is 33.7 Å². The highest BCUT2D eigenvalue weighted by molar-refractivity contribution is 6.33. The van der Waals surface area contributed by atoms with Gasteiger partial charge in [0, 0.05) is 61.9 Å². The van der Waals surface area contributed by atoms with E-state index in [1.54, 1.807) is 23.1 Å². The number of fused-ring (bicyclic) bond motifs is 2. The number of rotatable bonds is 10. The van der Waals surface area contributed by atoms with Crippen molar-refractivity contribution in [3.05, 3.63) is 63.8 Å². The molecule has 1 saturated carbocycles. The topological polar surface area (TPSA) is 187 Å². The number of imide groups is 1. The SMILES string of the molecule is CNC(=O)COc1cc2cc(Nc3nc(N4CC5(CC[C@@H](Oc6ccc7c(C8CCC(=O)NC8=O)nn(C)c7c6)[C@@H](C)C5)C4)ncc3Cl)cnc2n(C(C)C)c1=O. The number of anilines is 3. The van der Waals surface area contributed by atoms with Crippen molar-refractivity contribution in [1.29, 1.82) is 0 Å². The Kier molecular flexibility index (Phi) is 10.0. The van der Waals surface area contributed by atoms with Gasteiger partial charge < -0.3 is 25.0 Å². The lowest BCUT2D eigenvalue weighted by Crippen LogP contribution is -2.60. The summed E-state index contributed by atoms with van der Waals surface area (Å²) in [7, 11) is 3.36. The molecule has 0 bridgehead atoms. The van der Waals surface area contributed by atoms with E-state index in [1.807, 2.05) is 45.2 Å². The van der Waals surface area contributed by atoms with Crippen molar-refractivity contribution in [3.63, 3.8) is 0 Å². The van der Waals surface area contributed by atoms with Crippen molar-refractivity contribution in [3.8, 4) is 11.5 Å². The van der Waals surface area contributed by atoms with E-state index < -0.39 is 5.92 Å². The van der Waals surface area contributed by atoms with Crippen molar-refractivity contribution in [2.45, 2.75) is 70.9 Å². The average Bonchev–Trinajstić information content (AvgIpc) is 3.49. The summed E-state index contributed by atoms with van der Waals surface area (Å²) >= 11 is 6.58. The van der Waals surface area contributed by atoms with E-state index >= 15 is 0 Å². The normalized spacial score (nSPS) is 20.5. The third-order valence-corrected chi connectivity index (χ3v) is 11.7.